The summed E-state index contributed by atoms with van der Waals surface area (Å²) in [5, 5.41) is 7.43. The molecule has 3 aromatic rings. The van der Waals surface area contributed by atoms with Crippen LogP contribution in [0, 0.1) is 13.8 Å². The number of aromatic nitrogens is 2. The quantitative estimate of drug-likeness (QED) is 0.785. The number of carbonyl (C=O) groups is 1. The molecule has 2 aromatic carbocycles. The molecule has 0 aliphatic heterocycles. The van der Waals surface area contributed by atoms with Gasteiger partial charge in [-0.3, -0.25) is 9.48 Å². The number of methoxy groups -OCH3 is 1. The summed E-state index contributed by atoms with van der Waals surface area (Å²) >= 11 is 0. The zero-order valence-corrected chi connectivity index (χ0v) is 14.8. The second-order valence-electron chi connectivity index (χ2n) is 5.97. The minimum atomic E-state index is -0.183. The molecule has 1 heterocycles. The molecule has 25 heavy (non-hydrogen) atoms. The van der Waals surface area contributed by atoms with E-state index >= 15 is 0 Å². The van der Waals surface area contributed by atoms with Crippen LogP contribution in [0.15, 0.2) is 48.5 Å². The van der Waals surface area contributed by atoms with Crippen LogP contribution in [0.25, 0.3) is 11.3 Å². The van der Waals surface area contributed by atoms with Gasteiger partial charge in [0.25, 0.3) is 5.91 Å². The number of nitrogens with zero attached hydrogens (tertiary/aromatic N) is 2. The number of benzene rings is 2. The average molecular weight is 335 g/mol. The van der Waals surface area contributed by atoms with E-state index in [9.17, 15) is 4.79 Å². The van der Waals surface area contributed by atoms with Crippen LogP contribution in [-0.2, 0) is 7.05 Å². The lowest BCUT2D eigenvalue weighted by molar-refractivity contribution is 0.101. The zero-order chi connectivity index (χ0) is 18.0. The fourth-order valence-corrected chi connectivity index (χ4v) is 2.68. The molecule has 3 rings (SSSR count). The van der Waals surface area contributed by atoms with Gasteiger partial charge >= 0.3 is 0 Å². The van der Waals surface area contributed by atoms with Crippen LogP contribution < -0.4 is 10.1 Å². The summed E-state index contributed by atoms with van der Waals surface area (Å²) in [7, 11) is 3.39. The van der Waals surface area contributed by atoms with Gasteiger partial charge < -0.3 is 10.1 Å². The Hall–Kier alpha value is -3.08. The molecule has 0 aliphatic rings. The first-order valence-corrected chi connectivity index (χ1v) is 8.05. The van der Waals surface area contributed by atoms with Crippen LogP contribution in [0.3, 0.4) is 0 Å². The first kappa shape index (κ1) is 16.8. The lowest BCUT2D eigenvalue weighted by Crippen LogP contribution is -2.16. The summed E-state index contributed by atoms with van der Waals surface area (Å²) in [5.74, 6) is 0.572. The van der Waals surface area contributed by atoms with Crippen molar-refractivity contribution in [3.8, 4) is 17.0 Å². The van der Waals surface area contributed by atoms with Crippen LogP contribution >= 0.6 is 0 Å². The Morgan fingerprint density at radius 1 is 1.12 bits per heavy atom. The van der Waals surface area contributed by atoms with E-state index < -0.39 is 0 Å². The Balaban J connectivity index is 1.89. The number of carbonyl (C=O) groups excluding carboxylic acids is 1. The lowest BCUT2D eigenvalue weighted by atomic mass is 10.1. The molecule has 0 saturated heterocycles. The molecule has 0 bridgehead atoms. The molecule has 0 aliphatic carbocycles. The van der Waals surface area contributed by atoms with E-state index in [-0.39, 0.29) is 5.91 Å². The van der Waals surface area contributed by atoms with Gasteiger partial charge in [-0.15, -0.1) is 0 Å². The minimum absolute atomic E-state index is 0.183. The fraction of sp³-hybridized carbons (Fsp3) is 0.200. The molecular formula is C20H21N3O2. The Morgan fingerprint density at radius 3 is 2.64 bits per heavy atom. The molecule has 0 atom stereocenters. The van der Waals surface area contributed by atoms with E-state index in [0.29, 0.717) is 5.69 Å². The highest BCUT2D eigenvalue weighted by atomic mass is 16.5. The number of anilines is 1. The van der Waals surface area contributed by atoms with Gasteiger partial charge in [-0.1, -0.05) is 24.3 Å². The third kappa shape index (κ3) is 3.40. The molecule has 0 saturated carbocycles. The van der Waals surface area contributed by atoms with Crippen LogP contribution in [0.5, 0.6) is 5.75 Å². The van der Waals surface area contributed by atoms with Crippen molar-refractivity contribution >= 4 is 11.6 Å². The maximum absolute atomic E-state index is 12.7. The van der Waals surface area contributed by atoms with Crippen molar-refractivity contribution in [1.82, 2.24) is 9.78 Å². The molecule has 1 aromatic heterocycles. The number of aryl methyl sites for hydroxylation is 2. The smallest absolute Gasteiger partial charge is 0.273 e. The van der Waals surface area contributed by atoms with E-state index in [4.69, 9.17) is 4.74 Å². The summed E-state index contributed by atoms with van der Waals surface area (Å²) in [6.45, 7) is 4.02. The standard InChI is InChI=1S/C20H21N3O2/c1-13-7-5-10-17(14(13)2)21-20(24)19-12-18(22-23(19)3)15-8-6-9-16(11-15)25-4/h5-12H,1-4H3,(H,21,24). The summed E-state index contributed by atoms with van der Waals surface area (Å²) in [6.07, 6.45) is 0. The fourth-order valence-electron chi connectivity index (χ4n) is 2.68. The van der Waals surface area contributed by atoms with Crippen LogP contribution in [0.1, 0.15) is 21.6 Å². The SMILES string of the molecule is COc1cccc(-c2cc(C(=O)Nc3cccc(C)c3C)n(C)n2)c1. The second kappa shape index (κ2) is 6.81. The van der Waals surface area contributed by atoms with Crippen LogP contribution in [-0.4, -0.2) is 22.8 Å². The number of hydrogen-bond acceptors (Lipinski definition) is 3. The molecule has 128 valence electrons. The Labute approximate surface area is 147 Å². The molecule has 5 heteroatoms. The van der Waals surface area contributed by atoms with Gasteiger partial charge in [0.2, 0.25) is 0 Å². The van der Waals surface area contributed by atoms with Crippen molar-refractivity contribution in [2.24, 2.45) is 7.05 Å². The van der Waals surface area contributed by atoms with Crippen molar-refractivity contribution < 1.29 is 9.53 Å². The zero-order valence-electron chi connectivity index (χ0n) is 14.8. The number of hydrogen-bond donors (Lipinski definition) is 1. The first-order chi connectivity index (χ1) is 12.0. The number of nitrogens with one attached hydrogen (secondary N) is 1. The number of rotatable bonds is 4. The second-order valence-corrected chi connectivity index (χ2v) is 5.97. The van der Waals surface area contributed by atoms with Crippen molar-refractivity contribution in [2.75, 3.05) is 12.4 Å². The number of amides is 1. The Morgan fingerprint density at radius 2 is 1.88 bits per heavy atom. The van der Waals surface area contributed by atoms with Gasteiger partial charge in [0.05, 0.1) is 12.8 Å². The highest BCUT2D eigenvalue weighted by molar-refractivity contribution is 6.04. The van der Waals surface area contributed by atoms with Crippen molar-refractivity contribution in [1.29, 1.82) is 0 Å². The predicted molar refractivity (Wildman–Crippen MR) is 99.1 cm³/mol. The van der Waals surface area contributed by atoms with E-state index in [0.717, 1.165) is 33.8 Å². The summed E-state index contributed by atoms with van der Waals surface area (Å²) in [6, 6.07) is 15.3. The molecule has 1 amide bonds. The average Bonchev–Trinajstić information content (AvgIpc) is 3.01. The Bertz CT molecular complexity index is 928. The molecule has 1 N–H and O–H groups in total. The predicted octanol–water partition coefficient (Wildman–Crippen LogP) is 3.96. The highest BCUT2D eigenvalue weighted by Gasteiger charge is 2.16. The van der Waals surface area contributed by atoms with Gasteiger partial charge in [0.1, 0.15) is 11.4 Å². The van der Waals surface area contributed by atoms with Gasteiger partial charge in [0, 0.05) is 18.3 Å². The maximum atomic E-state index is 12.7. The molecule has 0 fully saturated rings. The molecule has 0 radical (unpaired) electrons. The third-order valence-corrected chi connectivity index (χ3v) is 4.33. The van der Waals surface area contributed by atoms with Crippen molar-refractivity contribution in [2.45, 2.75) is 13.8 Å². The molecule has 0 spiro atoms. The van der Waals surface area contributed by atoms with Gasteiger partial charge in [-0.25, -0.2) is 0 Å². The topological polar surface area (TPSA) is 56.1 Å². The maximum Gasteiger partial charge on any atom is 0.273 e. The summed E-state index contributed by atoms with van der Waals surface area (Å²) in [4.78, 5) is 12.7. The van der Waals surface area contributed by atoms with E-state index in [1.807, 2.05) is 56.3 Å². The van der Waals surface area contributed by atoms with E-state index in [2.05, 4.69) is 10.4 Å². The van der Waals surface area contributed by atoms with Crippen molar-refractivity contribution in [3.05, 3.63) is 65.4 Å². The normalized spacial score (nSPS) is 10.6. The van der Waals surface area contributed by atoms with Crippen LogP contribution in [0.2, 0.25) is 0 Å². The van der Waals surface area contributed by atoms with Gasteiger partial charge in [-0.2, -0.15) is 5.10 Å². The largest absolute Gasteiger partial charge is 0.497 e. The monoisotopic (exact) mass is 335 g/mol. The number of ether oxygens (including phenoxy) is 1. The molecule has 0 unspecified atom stereocenters. The summed E-state index contributed by atoms with van der Waals surface area (Å²) < 4.78 is 6.84. The highest BCUT2D eigenvalue weighted by Crippen LogP contribution is 2.24. The van der Waals surface area contributed by atoms with E-state index in [1.165, 1.54) is 0 Å². The van der Waals surface area contributed by atoms with E-state index in [1.54, 1.807) is 24.9 Å². The van der Waals surface area contributed by atoms with Gasteiger partial charge in [0.15, 0.2) is 0 Å². The van der Waals surface area contributed by atoms with Crippen molar-refractivity contribution in [3.63, 3.8) is 0 Å². The third-order valence-electron chi connectivity index (χ3n) is 4.33. The molecular weight excluding hydrogens is 314 g/mol. The molecule has 5 nitrogen and oxygen atoms in total. The van der Waals surface area contributed by atoms with Gasteiger partial charge in [-0.05, 0) is 49.2 Å². The van der Waals surface area contributed by atoms with Crippen LogP contribution in [0.4, 0.5) is 5.69 Å². The Kier molecular flexibility index (Phi) is 4.57. The minimum Gasteiger partial charge on any atom is -0.497 e. The first-order valence-electron chi connectivity index (χ1n) is 8.05. The summed E-state index contributed by atoms with van der Waals surface area (Å²) in [5.41, 5.74) is 5.15. The lowest BCUT2D eigenvalue weighted by Gasteiger charge is -2.10.